The summed E-state index contributed by atoms with van der Waals surface area (Å²) in [6.07, 6.45) is 2.31. The topological polar surface area (TPSA) is 56.7 Å². The lowest BCUT2D eigenvalue weighted by atomic mass is 9.99. The van der Waals surface area contributed by atoms with E-state index >= 15 is 0 Å². The number of rotatable bonds is 6. The molecule has 0 atom stereocenters. The molecule has 2 aromatic carbocycles. The number of carbonyl (C=O) groups excluding carboxylic acids is 1. The number of guanidine groups is 1. The Balaban J connectivity index is 1.37. The van der Waals surface area contributed by atoms with Gasteiger partial charge in [0.1, 0.15) is 0 Å². The fourth-order valence-corrected chi connectivity index (χ4v) is 3.54. The zero-order valence-corrected chi connectivity index (χ0v) is 16.9. The maximum absolute atomic E-state index is 12.5. The molecule has 0 saturated carbocycles. The SMILES string of the molecule is CN=C(NCCCC(=O)N1CCc2ccccc2C1)NCc1cccc(C)c1. The summed E-state index contributed by atoms with van der Waals surface area (Å²) in [5.41, 5.74) is 5.13. The van der Waals surface area contributed by atoms with Gasteiger partial charge < -0.3 is 15.5 Å². The predicted molar refractivity (Wildman–Crippen MR) is 114 cm³/mol. The van der Waals surface area contributed by atoms with E-state index in [9.17, 15) is 4.79 Å². The van der Waals surface area contributed by atoms with Crippen LogP contribution in [0.3, 0.4) is 0 Å². The zero-order chi connectivity index (χ0) is 19.8. The van der Waals surface area contributed by atoms with Gasteiger partial charge in [0.05, 0.1) is 0 Å². The van der Waals surface area contributed by atoms with Gasteiger partial charge in [0.15, 0.2) is 5.96 Å². The summed E-state index contributed by atoms with van der Waals surface area (Å²) in [5.74, 6) is 1.000. The lowest BCUT2D eigenvalue weighted by Crippen LogP contribution is -2.38. The Kier molecular flexibility index (Phi) is 7.06. The van der Waals surface area contributed by atoms with E-state index in [0.29, 0.717) is 6.42 Å². The van der Waals surface area contributed by atoms with E-state index in [2.05, 4.69) is 65.0 Å². The molecule has 0 radical (unpaired) electrons. The van der Waals surface area contributed by atoms with Crippen LogP contribution in [0.5, 0.6) is 0 Å². The van der Waals surface area contributed by atoms with Gasteiger partial charge in [-0.2, -0.15) is 0 Å². The summed E-state index contributed by atoms with van der Waals surface area (Å²) < 4.78 is 0. The van der Waals surface area contributed by atoms with Gasteiger partial charge in [0.25, 0.3) is 0 Å². The lowest BCUT2D eigenvalue weighted by Gasteiger charge is -2.29. The number of amides is 1. The standard InChI is InChI=1S/C23H30N4O/c1-18-7-5-8-19(15-18)16-26-23(24-2)25-13-6-11-22(28)27-14-12-20-9-3-4-10-21(20)17-27/h3-5,7-10,15H,6,11-14,16-17H2,1-2H3,(H2,24,25,26). The molecule has 2 N–H and O–H groups in total. The Labute approximate surface area is 167 Å². The van der Waals surface area contributed by atoms with Crippen LogP contribution in [0.2, 0.25) is 0 Å². The van der Waals surface area contributed by atoms with E-state index in [1.54, 1.807) is 7.05 Å². The van der Waals surface area contributed by atoms with E-state index < -0.39 is 0 Å². The highest BCUT2D eigenvalue weighted by molar-refractivity contribution is 5.80. The van der Waals surface area contributed by atoms with Crippen LogP contribution in [0.4, 0.5) is 0 Å². The minimum Gasteiger partial charge on any atom is -0.356 e. The second kappa shape index (κ2) is 9.93. The third-order valence-electron chi connectivity index (χ3n) is 5.11. The van der Waals surface area contributed by atoms with Crippen molar-refractivity contribution in [1.29, 1.82) is 0 Å². The van der Waals surface area contributed by atoms with Crippen LogP contribution in [0, 0.1) is 6.92 Å². The van der Waals surface area contributed by atoms with Gasteiger partial charge >= 0.3 is 0 Å². The van der Waals surface area contributed by atoms with Crippen LogP contribution < -0.4 is 10.6 Å². The average Bonchev–Trinajstić information content (AvgIpc) is 2.72. The van der Waals surface area contributed by atoms with E-state index in [1.165, 1.54) is 22.3 Å². The summed E-state index contributed by atoms with van der Waals surface area (Å²) in [6, 6.07) is 16.8. The van der Waals surface area contributed by atoms with Crippen molar-refractivity contribution in [2.75, 3.05) is 20.1 Å². The van der Waals surface area contributed by atoms with Crippen LogP contribution in [0.25, 0.3) is 0 Å². The Morgan fingerprint density at radius 3 is 2.71 bits per heavy atom. The molecule has 0 aliphatic carbocycles. The predicted octanol–water partition coefficient (Wildman–Crippen LogP) is 3.03. The van der Waals surface area contributed by atoms with Gasteiger partial charge in [-0.3, -0.25) is 9.79 Å². The first-order valence-electron chi connectivity index (χ1n) is 10.0. The molecule has 0 bridgehead atoms. The minimum atomic E-state index is 0.235. The second-order valence-corrected chi connectivity index (χ2v) is 7.28. The first-order chi connectivity index (χ1) is 13.7. The summed E-state index contributed by atoms with van der Waals surface area (Å²) >= 11 is 0. The number of carbonyl (C=O) groups is 1. The Morgan fingerprint density at radius 2 is 1.93 bits per heavy atom. The van der Waals surface area contributed by atoms with Crippen molar-refractivity contribution >= 4 is 11.9 Å². The molecule has 1 aliphatic rings. The van der Waals surface area contributed by atoms with Crippen LogP contribution in [0.1, 0.15) is 35.1 Å². The molecule has 5 nitrogen and oxygen atoms in total. The molecule has 28 heavy (non-hydrogen) atoms. The van der Waals surface area contributed by atoms with E-state index in [4.69, 9.17) is 0 Å². The number of hydrogen-bond donors (Lipinski definition) is 2. The molecule has 0 aromatic heterocycles. The molecule has 1 amide bonds. The number of nitrogens with zero attached hydrogens (tertiary/aromatic N) is 2. The lowest BCUT2D eigenvalue weighted by molar-refractivity contribution is -0.132. The molecule has 1 heterocycles. The fourth-order valence-electron chi connectivity index (χ4n) is 3.54. The molecule has 5 heteroatoms. The smallest absolute Gasteiger partial charge is 0.222 e. The number of aliphatic imine (C=N–C) groups is 1. The van der Waals surface area contributed by atoms with Crippen molar-refractivity contribution in [3.05, 3.63) is 70.8 Å². The van der Waals surface area contributed by atoms with Gasteiger partial charge in [-0.05, 0) is 36.5 Å². The van der Waals surface area contributed by atoms with Crippen LogP contribution in [0.15, 0.2) is 53.5 Å². The van der Waals surface area contributed by atoms with Gasteiger partial charge in [-0.25, -0.2) is 0 Å². The molecule has 1 aliphatic heterocycles. The van der Waals surface area contributed by atoms with Gasteiger partial charge in [0.2, 0.25) is 5.91 Å². The fraction of sp³-hybridized carbons (Fsp3) is 0.391. The first-order valence-corrected chi connectivity index (χ1v) is 10.0. The van der Waals surface area contributed by atoms with Gasteiger partial charge in [-0.15, -0.1) is 0 Å². The van der Waals surface area contributed by atoms with Crippen molar-refractivity contribution in [2.24, 2.45) is 4.99 Å². The number of aryl methyl sites for hydroxylation is 1. The maximum atomic E-state index is 12.5. The summed E-state index contributed by atoms with van der Waals surface area (Å²) in [4.78, 5) is 18.8. The molecule has 0 fully saturated rings. The van der Waals surface area contributed by atoms with Gasteiger partial charge in [0, 0.05) is 39.6 Å². The highest BCUT2D eigenvalue weighted by Gasteiger charge is 2.19. The Bertz CT molecular complexity index is 831. The van der Waals surface area contributed by atoms with Crippen LogP contribution >= 0.6 is 0 Å². The number of hydrogen-bond acceptors (Lipinski definition) is 2. The molecular formula is C23H30N4O. The Morgan fingerprint density at radius 1 is 1.11 bits per heavy atom. The quantitative estimate of drug-likeness (QED) is 0.462. The van der Waals surface area contributed by atoms with Crippen molar-refractivity contribution < 1.29 is 4.79 Å². The normalized spacial score (nSPS) is 13.8. The molecule has 3 rings (SSSR count). The molecule has 0 saturated heterocycles. The van der Waals surface area contributed by atoms with E-state index in [-0.39, 0.29) is 5.91 Å². The summed E-state index contributed by atoms with van der Waals surface area (Å²) in [6.45, 7) is 5.11. The molecular weight excluding hydrogens is 348 g/mol. The van der Waals surface area contributed by atoms with Crippen molar-refractivity contribution in [3.63, 3.8) is 0 Å². The Hall–Kier alpha value is -2.82. The molecule has 2 aromatic rings. The molecule has 0 unspecified atom stereocenters. The third-order valence-corrected chi connectivity index (χ3v) is 5.11. The van der Waals surface area contributed by atoms with Crippen molar-refractivity contribution in [2.45, 2.75) is 39.3 Å². The van der Waals surface area contributed by atoms with Crippen LogP contribution in [-0.4, -0.2) is 36.9 Å². The first kappa shape index (κ1) is 19.9. The van der Waals surface area contributed by atoms with Gasteiger partial charge in [-0.1, -0.05) is 54.1 Å². The van der Waals surface area contributed by atoms with Crippen LogP contribution in [-0.2, 0) is 24.3 Å². The minimum absolute atomic E-state index is 0.235. The largest absolute Gasteiger partial charge is 0.356 e. The highest BCUT2D eigenvalue weighted by atomic mass is 16.2. The second-order valence-electron chi connectivity index (χ2n) is 7.28. The monoisotopic (exact) mass is 378 g/mol. The molecule has 0 spiro atoms. The third kappa shape index (κ3) is 5.59. The van der Waals surface area contributed by atoms with Crippen molar-refractivity contribution in [3.8, 4) is 0 Å². The van der Waals surface area contributed by atoms with E-state index in [0.717, 1.165) is 45.0 Å². The van der Waals surface area contributed by atoms with Crippen molar-refractivity contribution in [1.82, 2.24) is 15.5 Å². The van der Waals surface area contributed by atoms with E-state index in [1.807, 2.05) is 11.0 Å². The number of benzene rings is 2. The number of fused-ring (bicyclic) bond motifs is 1. The zero-order valence-electron chi connectivity index (χ0n) is 16.9. The molecule has 148 valence electrons. The number of nitrogens with one attached hydrogen (secondary N) is 2. The maximum Gasteiger partial charge on any atom is 0.222 e. The summed E-state index contributed by atoms with van der Waals surface area (Å²) in [5, 5.41) is 6.62. The average molecular weight is 379 g/mol. The summed E-state index contributed by atoms with van der Waals surface area (Å²) in [7, 11) is 1.77. The highest BCUT2D eigenvalue weighted by Crippen LogP contribution is 2.19.